The maximum absolute atomic E-state index is 12.1. The molecule has 0 atom stereocenters. The highest BCUT2D eigenvalue weighted by atomic mass is 16.5. The fourth-order valence-corrected chi connectivity index (χ4v) is 2.13. The second kappa shape index (κ2) is 5.80. The van der Waals surface area contributed by atoms with Crippen LogP contribution in [0.1, 0.15) is 17.0 Å². The fourth-order valence-electron chi connectivity index (χ4n) is 2.13. The molecule has 3 heterocycles. The van der Waals surface area contributed by atoms with E-state index in [1.165, 1.54) is 0 Å². The molecule has 0 aliphatic rings. The molecule has 112 valence electrons. The van der Waals surface area contributed by atoms with Crippen molar-refractivity contribution in [3.05, 3.63) is 54.1 Å². The van der Waals surface area contributed by atoms with Gasteiger partial charge < -0.3 is 9.84 Å². The summed E-state index contributed by atoms with van der Waals surface area (Å²) in [7, 11) is 0. The lowest BCUT2D eigenvalue weighted by Crippen LogP contribution is -2.15. The lowest BCUT2D eigenvalue weighted by molar-refractivity contribution is -0.115. The lowest BCUT2D eigenvalue weighted by atomic mass is 10.1. The molecule has 7 heteroatoms. The minimum absolute atomic E-state index is 0.133. The number of amides is 1. The van der Waals surface area contributed by atoms with E-state index in [1.807, 2.05) is 13.0 Å². The molecule has 0 saturated heterocycles. The Labute approximate surface area is 127 Å². The number of nitrogens with zero attached hydrogens (tertiary/aromatic N) is 4. The van der Waals surface area contributed by atoms with Crippen LogP contribution in [0, 0.1) is 13.8 Å². The Bertz CT molecular complexity index is 755. The largest absolute Gasteiger partial charge is 0.361 e. The second-order valence-corrected chi connectivity index (χ2v) is 4.90. The average molecular weight is 297 g/mol. The van der Waals surface area contributed by atoms with Crippen LogP contribution in [0.5, 0.6) is 0 Å². The van der Waals surface area contributed by atoms with Gasteiger partial charge in [0.05, 0.1) is 24.0 Å². The minimum atomic E-state index is -0.133. The van der Waals surface area contributed by atoms with Crippen molar-refractivity contribution in [1.82, 2.24) is 19.7 Å². The third-order valence-corrected chi connectivity index (χ3v) is 3.32. The highest BCUT2D eigenvalue weighted by molar-refractivity contribution is 5.92. The van der Waals surface area contributed by atoms with Crippen molar-refractivity contribution in [3.63, 3.8) is 0 Å². The Morgan fingerprint density at radius 3 is 2.82 bits per heavy atom. The predicted octanol–water partition coefficient (Wildman–Crippen LogP) is 2.05. The van der Waals surface area contributed by atoms with Crippen molar-refractivity contribution in [2.45, 2.75) is 20.3 Å². The van der Waals surface area contributed by atoms with Gasteiger partial charge in [-0.1, -0.05) is 5.16 Å². The van der Waals surface area contributed by atoms with Crippen molar-refractivity contribution >= 4 is 11.6 Å². The molecule has 0 radical (unpaired) electrons. The predicted molar refractivity (Wildman–Crippen MR) is 79.7 cm³/mol. The molecular formula is C15H15N5O2. The van der Waals surface area contributed by atoms with E-state index >= 15 is 0 Å². The molecule has 3 rings (SSSR count). The van der Waals surface area contributed by atoms with Crippen LogP contribution in [0.3, 0.4) is 0 Å². The number of nitrogens with one attached hydrogen (secondary N) is 1. The monoisotopic (exact) mass is 297 g/mol. The molecular weight excluding hydrogens is 282 g/mol. The van der Waals surface area contributed by atoms with E-state index in [0.29, 0.717) is 11.4 Å². The maximum atomic E-state index is 12.1. The van der Waals surface area contributed by atoms with E-state index < -0.39 is 0 Å². The number of anilines is 1. The first-order valence-corrected chi connectivity index (χ1v) is 6.79. The van der Waals surface area contributed by atoms with Gasteiger partial charge in [-0.3, -0.25) is 9.36 Å². The highest BCUT2D eigenvalue weighted by Gasteiger charge is 2.13. The van der Waals surface area contributed by atoms with Crippen molar-refractivity contribution in [1.29, 1.82) is 0 Å². The van der Waals surface area contributed by atoms with Crippen molar-refractivity contribution in [2.24, 2.45) is 0 Å². The van der Waals surface area contributed by atoms with Crippen molar-refractivity contribution < 1.29 is 9.32 Å². The van der Waals surface area contributed by atoms with E-state index in [0.717, 1.165) is 17.1 Å². The third-order valence-electron chi connectivity index (χ3n) is 3.32. The summed E-state index contributed by atoms with van der Waals surface area (Å²) in [5, 5.41) is 6.65. The summed E-state index contributed by atoms with van der Waals surface area (Å²) in [6.45, 7) is 3.62. The molecule has 0 bridgehead atoms. The molecule has 3 aromatic heterocycles. The normalized spacial score (nSPS) is 10.6. The summed E-state index contributed by atoms with van der Waals surface area (Å²) in [5.41, 5.74) is 2.20. The zero-order chi connectivity index (χ0) is 15.5. The standard InChI is InChI=1S/C15H15N5O2/c1-10-13(11(2)22-19-10)7-15(21)18-12-3-4-14(17-8-12)20-6-5-16-9-20/h3-6,8-9H,7H2,1-2H3,(H,18,21). The summed E-state index contributed by atoms with van der Waals surface area (Å²) in [6.07, 6.45) is 6.99. The van der Waals surface area contributed by atoms with Gasteiger partial charge in [0.2, 0.25) is 5.91 Å². The fraction of sp³-hybridized carbons (Fsp3) is 0.200. The Morgan fingerprint density at radius 2 is 2.23 bits per heavy atom. The first-order valence-electron chi connectivity index (χ1n) is 6.79. The zero-order valence-corrected chi connectivity index (χ0v) is 12.3. The Kier molecular flexibility index (Phi) is 3.69. The van der Waals surface area contributed by atoms with E-state index in [-0.39, 0.29) is 12.3 Å². The summed E-state index contributed by atoms with van der Waals surface area (Å²) < 4.78 is 6.84. The Balaban J connectivity index is 1.67. The van der Waals surface area contributed by atoms with Crippen LogP contribution in [0.15, 0.2) is 41.6 Å². The van der Waals surface area contributed by atoms with Gasteiger partial charge >= 0.3 is 0 Å². The van der Waals surface area contributed by atoms with Crippen molar-refractivity contribution in [3.8, 4) is 5.82 Å². The van der Waals surface area contributed by atoms with Gasteiger partial charge in [-0.2, -0.15) is 0 Å². The van der Waals surface area contributed by atoms with Gasteiger partial charge in [0.25, 0.3) is 0 Å². The van der Waals surface area contributed by atoms with Crippen LogP contribution in [-0.4, -0.2) is 25.6 Å². The minimum Gasteiger partial charge on any atom is -0.361 e. The van der Waals surface area contributed by atoms with E-state index in [9.17, 15) is 4.79 Å². The number of aromatic nitrogens is 4. The molecule has 0 aliphatic heterocycles. The highest BCUT2D eigenvalue weighted by Crippen LogP contribution is 2.14. The maximum Gasteiger partial charge on any atom is 0.229 e. The number of rotatable bonds is 4. The quantitative estimate of drug-likeness (QED) is 0.796. The number of carbonyl (C=O) groups is 1. The molecule has 1 amide bonds. The zero-order valence-electron chi connectivity index (χ0n) is 12.3. The number of imidazole rings is 1. The first kappa shape index (κ1) is 14.0. The summed E-state index contributed by atoms with van der Waals surface area (Å²) in [6, 6.07) is 3.61. The summed E-state index contributed by atoms with van der Waals surface area (Å²) in [4.78, 5) is 20.3. The molecule has 0 spiro atoms. The smallest absolute Gasteiger partial charge is 0.229 e. The Morgan fingerprint density at radius 1 is 1.36 bits per heavy atom. The summed E-state index contributed by atoms with van der Waals surface area (Å²) in [5.74, 6) is 1.27. The van der Waals surface area contributed by atoms with Crippen LogP contribution in [0.2, 0.25) is 0 Å². The second-order valence-electron chi connectivity index (χ2n) is 4.90. The average Bonchev–Trinajstić information content (AvgIpc) is 3.14. The van der Waals surface area contributed by atoms with Crippen molar-refractivity contribution in [2.75, 3.05) is 5.32 Å². The number of aryl methyl sites for hydroxylation is 2. The molecule has 0 aromatic carbocycles. The van der Waals surface area contributed by atoms with Gasteiger partial charge in [0.15, 0.2) is 0 Å². The van der Waals surface area contributed by atoms with Gasteiger partial charge in [0, 0.05) is 18.0 Å². The Hall–Kier alpha value is -2.96. The molecule has 7 nitrogen and oxygen atoms in total. The van der Waals surface area contributed by atoms with Gasteiger partial charge in [-0.05, 0) is 26.0 Å². The topological polar surface area (TPSA) is 85.8 Å². The van der Waals surface area contributed by atoms with E-state index in [4.69, 9.17) is 4.52 Å². The van der Waals surface area contributed by atoms with Crippen LogP contribution < -0.4 is 5.32 Å². The molecule has 0 unspecified atom stereocenters. The number of carbonyl (C=O) groups excluding carboxylic acids is 1. The van der Waals surface area contributed by atoms with E-state index in [2.05, 4.69) is 20.4 Å². The lowest BCUT2D eigenvalue weighted by Gasteiger charge is -2.06. The molecule has 0 fully saturated rings. The van der Waals surface area contributed by atoms with Gasteiger partial charge in [-0.15, -0.1) is 0 Å². The molecule has 1 N–H and O–H groups in total. The SMILES string of the molecule is Cc1noc(C)c1CC(=O)Nc1ccc(-n2ccnc2)nc1. The summed E-state index contributed by atoms with van der Waals surface area (Å²) >= 11 is 0. The van der Waals surface area contributed by atoms with E-state index in [1.54, 1.807) is 42.5 Å². The number of pyridine rings is 1. The first-order chi connectivity index (χ1) is 10.6. The van der Waals surface area contributed by atoms with Gasteiger partial charge in [0.1, 0.15) is 17.9 Å². The number of hydrogen-bond donors (Lipinski definition) is 1. The molecule has 3 aromatic rings. The van der Waals surface area contributed by atoms with Crippen LogP contribution >= 0.6 is 0 Å². The van der Waals surface area contributed by atoms with Crippen LogP contribution in [0.25, 0.3) is 5.82 Å². The van der Waals surface area contributed by atoms with Crippen LogP contribution in [-0.2, 0) is 11.2 Å². The van der Waals surface area contributed by atoms with Gasteiger partial charge in [-0.25, -0.2) is 9.97 Å². The van der Waals surface area contributed by atoms with Crippen LogP contribution in [0.4, 0.5) is 5.69 Å². The third kappa shape index (κ3) is 2.88. The molecule has 0 saturated carbocycles. The number of hydrogen-bond acceptors (Lipinski definition) is 5. The molecule has 0 aliphatic carbocycles. The molecule has 22 heavy (non-hydrogen) atoms.